The number of hydrogen-bond donors (Lipinski definition) is 3. The normalized spacial score (nSPS) is 12.0. The van der Waals surface area contributed by atoms with E-state index in [1.165, 1.54) is 17.0 Å². The van der Waals surface area contributed by atoms with Gasteiger partial charge in [-0.05, 0) is 73.5 Å². The summed E-state index contributed by atoms with van der Waals surface area (Å²) in [7, 11) is -7.14. The lowest BCUT2D eigenvalue weighted by Gasteiger charge is -2.16. The van der Waals surface area contributed by atoms with Gasteiger partial charge in [-0.15, -0.1) is 0 Å². The van der Waals surface area contributed by atoms with Crippen LogP contribution in [0.2, 0.25) is 0 Å². The van der Waals surface area contributed by atoms with Gasteiger partial charge in [0.15, 0.2) is 11.6 Å². The Labute approximate surface area is 336 Å². The SMILES string of the molecule is Cc1cc(Br)ccc1Nc1c(C(=O)Oc2nc3c(F)c(Nc4ccc(Br)cc4C)c(C(=O)O)cc3n2CCS(C)(=O)=O)cc2c(ncn2CCS(C)(=O)=O)c1F. The van der Waals surface area contributed by atoms with Gasteiger partial charge in [-0.2, -0.15) is 4.98 Å². The van der Waals surface area contributed by atoms with Crippen LogP contribution in [0.4, 0.5) is 31.5 Å². The highest BCUT2D eigenvalue weighted by Gasteiger charge is 2.29. The number of imidazole rings is 2. The third-order valence-electron chi connectivity index (χ3n) is 8.72. The van der Waals surface area contributed by atoms with Crippen LogP contribution in [0.5, 0.6) is 6.01 Å². The second-order valence-electron chi connectivity index (χ2n) is 13.1. The summed E-state index contributed by atoms with van der Waals surface area (Å²) in [5.41, 5.74) is -0.436. The van der Waals surface area contributed by atoms with Crippen molar-refractivity contribution in [3.05, 3.63) is 97.7 Å². The monoisotopic (exact) mass is 936 g/mol. The Morgan fingerprint density at radius 3 is 1.84 bits per heavy atom. The van der Waals surface area contributed by atoms with Crippen LogP contribution in [0, 0.1) is 25.5 Å². The van der Waals surface area contributed by atoms with Crippen LogP contribution in [-0.2, 0) is 32.8 Å². The maximum Gasteiger partial charge on any atom is 0.348 e. The van der Waals surface area contributed by atoms with Gasteiger partial charge in [0.05, 0.1) is 51.4 Å². The molecule has 2 aromatic heterocycles. The van der Waals surface area contributed by atoms with E-state index in [0.717, 1.165) is 32.1 Å². The molecule has 0 saturated carbocycles. The van der Waals surface area contributed by atoms with Gasteiger partial charge in [0.25, 0.3) is 0 Å². The van der Waals surface area contributed by atoms with Crippen LogP contribution in [0.1, 0.15) is 31.8 Å². The number of carboxylic acid groups (broad SMARTS) is 1. The van der Waals surface area contributed by atoms with Crippen LogP contribution in [-0.4, -0.2) is 77.0 Å². The largest absolute Gasteiger partial charge is 0.478 e. The minimum atomic E-state index is -3.68. The fraction of sp³-hybridized carbons (Fsp3) is 0.222. The predicted molar refractivity (Wildman–Crippen MR) is 215 cm³/mol. The summed E-state index contributed by atoms with van der Waals surface area (Å²) in [6, 6.07) is 11.8. The maximum atomic E-state index is 16.5. The first-order valence-corrected chi connectivity index (χ1v) is 22.2. The molecule has 0 saturated heterocycles. The molecule has 0 aliphatic carbocycles. The Balaban J connectivity index is 1.52. The second-order valence-corrected chi connectivity index (χ2v) is 19.4. The Kier molecular flexibility index (Phi) is 11.3. The molecule has 0 radical (unpaired) electrons. The summed E-state index contributed by atoms with van der Waals surface area (Å²) in [6.07, 6.45) is 3.23. The van der Waals surface area contributed by atoms with Gasteiger partial charge in [0.2, 0.25) is 0 Å². The highest BCUT2D eigenvalue weighted by molar-refractivity contribution is 9.10. The van der Waals surface area contributed by atoms with E-state index in [1.807, 2.05) is 0 Å². The fourth-order valence-corrected chi connectivity index (χ4v) is 7.86. The molecule has 0 amide bonds. The number of rotatable bonds is 13. The number of carboxylic acids is 1. The molecule has 3 N–H and O–H groups in total. The first-order chi connectivity index (χ1) is 26.2. The average molecular weight is 939 g/mol. The third kappa shape index (κ3) is 8.72. The van der Waals surface area contributed by atoms with Crippen LogP contribution < -0.4 is 15.4 Å². The maximum absolute atomic E-state index is 16.5. The molecular weight excluding hydrogens is 906 g/mol. The number of aromatic carboxylic acids is 1. The summed E-state index contributed by atoms with van der Waals surface area (Å²) in [4.78, 5) is 35.1. The number of fused-ring (bicyclic) bond motifs is 2. The summed E-state index contributed by atoms with van der Waals surface area (Å²) >= 11 is 6.74. The number of carbonyl (C=O) groups is 2. The summed E-state index contributed by atoms with van der Waals surface area (Å²) < 4.78 is 91.1. The molecule has 6 aromatic rings. The van der Waals surface area contributed by atoms with Crippen molar-refractivity contribution < 1.29 is 45.0 Å². The number of halogens is 4. The van der Waals surface area contributed by atoms with E-state index in [9.17, 15) is 31.5 Å². The molecule has 14 nitrogen and oxygen atoms in total. The zero-order valence-electron chi connectivity index (χ0n) is 29.9. The molecule has 0 spiro atoms. The number of nitrogens with zero attached hydrogens (tertiary/aromatic N) is 4. The molecule has 0 atom stereocenters. The van der Waals surface area contributed by atoms with E-state index < -0.39 is 83.9 Å². The number of ether oxygens (including phenoxy) is 1. The van der Waals surface area contributed by atoms with Crippen molar-refractivity contribution in [3.8, 4) is 6.01 Å². The number of aryl methyl sites for hydroxylation is 4. The molecule has 2 heterocycles. The van der Waals surface area contributed by atoms with E-state index >= 15 is 8.78 Å². The van der Waals surface area contributed by atoms with Crippen LogP contribution in [0.3, 0.4) is 0 Å². The van der Waals surface area contributed by atoms with Crippen LogP contribution >= 0.6 is 31.9 Å². The highest BCUT2D eigenvalue weighted by atomic mass is 79.9. The summed E-state index contributed by atoms with van der Waals surface area (Å²) in [5.74, 6) is -5.71. The van der Waals surface area contributed by atoms with Crippen molar-refractivity contribution in [2.45, 2.75) is 26.9 Å². The van der Waals surface area contributed by atoms with Crippen molar-refractivity contribution in [2.75, 3.05) is 34.7 Å². The fourth-order valence-electron chi connectivity index (χ4n) is 5.86. The molecule has 0 aliphatic rings. The number of benzene rings is 4. The third-order valence-corrected chi connectivity index (χ3v) is 11.6. The number of carbonyl (C=O) groups excluding carboxylic acids is 1. The number of hydrogen-bond acceptors (Lipinski definition) is 11. The Morgan fingerprint density at radius 1 is 0.786 bits per heavy atom. The summed E-state index contributed by atoms with van der Waals surface area (Å²) in [6.45, 7) is 2.91. The smallest absolute Gasteiger partial charge is 0.348 e. The van der Waals surface area contributed by atoms with Gasteiger partial charge in [-0.1, -0.05) is 31.9 Å². The van der Waals surface area contributed by atoms with Crippen molar-refractivity contribution >= 4 is 108 Å². The van der Waals surface area contributed by atoms with Crippen molar-refractivity contribution in [2.24, 2.45) is 0 Å². The molecule has 6 rings (SSSR count). The standard InChI is InChI=1S/C36H32Br2F2N6O8S2/c1-18-13-20(37)5-7-24(18)42-30-22(34(47)48)15-27-33(29(30)40)44-36(46(27)10-12-56(4,52)53)54-35(49)23-16-26-32(41-17-45(26)9-11-55(3,50)51)28(39)31(23)43-25-8-6-21(38)14-19(25)2/h5-8,13-17,42-43H,9-12H2,1-4H3,(H,47,48). The number of sulfone groups is 2. The molecule has 20 heteroatoms. The van der Waals surface area contributed by atoms with E-state index in [0.29, 0.717) is 22.5 Å². The molecule has 0 aliphatic heterocycles. The second kappa shape index (κ2) is 15.5. The molecule has 4 aromatic carbocycles. The van der Waals surface area contributed by atoms with E-state index in [4.69, 9.17) is 4.74 Å². The lowest BCUT2D eigenvalue weighted by atomic mass is 10.1. The lowest BCUT2D eigenvalue weighted by Crippen LogP contribution is -2.18. The first-order valence-electron chi connectivity index (χ1n) is 16.5. The highest BCUT2D eigenvalue weighted by Crippen LogP contribution is 2.37. The zero-order chi connectivity index (χ0) is 40.9. The Bertz CT molecular complexity index is 2830. The molecule has 0 fully saturated rings. The topological polar surface area (TPSA) is 192 Å². The van der Waals surface area contributed by atoms with Crippen LogP contribution in [0.15, 0.2) is 63.8 Å². The van der Waals surface area contributed by atoms with Crippen molar-refractivity contribution in [3.63, 3.8) is 0 Å². The average Bonchev–Trinajstić information content (AvgIpc) is 3.67. The molecule has 294 valence electrons. The molecule has 0 bridgehead atoms. The first kappa shape index (κ1) is 40.7. The van der Waals surface area contributed by atoms with Gasteiger partial charge < -0.3 is 25.0 Å². The number of nitrogens with one attached hydrogen (secondary N) is 2. The Morgan fingerprint density at radius 2 is 1.30 bits per heavy atom. The van der Waals surface area contributed by atoms with Gasteiger partial charge in [0.1, 0.15) is 30.7 Å². The van der Waals surface area contributed by atoms with E-state index in [-0.39, 0.29) is 34.5 Å². The van der Waals surface area contributed by atoms with E-state index in [2.05, 4.69) is 52.5 Å². The summed E-state index contributed by atoms with van der Waals surface area (Å²) in [5, 5.41) is 15.9. The zero-order valence-corrected chi connectivity index (χ0v) is 34.8. The molecular formula is C36H32Br2F2N6O8S2. The molecule has 56 heavy (non-hydrogen) atoms. The lowest BCUT2D eigenvalue weighted by molar-refractivity contribution is 0.0692. The van der Waals surface area contributed by atoms with Gasteiger partial charge in [-0.3, -0.25) is 4.57 Å². The number of anilines is 4. The van der Waals surface area contributed by atoms with Crippen molar-refractivity contribution in [1.82, 2.24) is 19.1 Å². The van der Waals surface area contributed by atoms with Gasteiger partial charge in [0, 0.05) is 45.9 Å². The van der Waals surface area contributed by atoms with E-state index in [1.54, 1.807) is 50.2 Å². The quantitative estimate of drug-likeness (QED) is 0.0981. The number of aromatic nitrogens is 4. The van der Waals surface area contributed by atoms with Gasteiger partial charge in [-0.25, -0.2) is 40.2 Å². The van der Waals surface area contributed by atoms with Crippen LogP contribution in [0.25, 0.3) is 22.1 Å². The number of esters is 1. The van der Waals surface area contributed by atoms with Gasteiger partial charge >= 0.3 is 17.9 Å². The minimum Gasteiger partial charge on any atom is -0.478 e. The molecule has 0 unspecified atom stereocenters. The Hall–Kier alpha value is -4.92. The van der Waals surface area contributed by atoms with Crippen molar-refractivity contribution in [1.29, 1.82) is 0 Å². The predicted octanol–water partition coefficient (Wildman–Crippen LogP) is 7.30. The minimum absolute atomic E-state index is 0.0536.